The Bertz CT molecular complexity index is 686. The third kappa shape index (κ3) is 3.09. The fraction of sp³-hybridized carbons (Fsp3) is 0.0625. The molecular weight excluding hydrogens is 261 g/mol. The molecule has 0 radical (unpaired) electrons. The van der Waals surface area contributed by atoms with Gasteiger partial charge in [-0.3, -0.25) is 4.98 Å². The molecular formula is C16H13ClFN. The molecule has 2 rings (SSSR count). The Balaban J connectivity index is 2.53. The summed E-state index contributed by atoms with van der Waals surface area (Å²) >= 11 is 5.92. The van der Waals surface area contributed by atoms with Crippen LogP contribution in [0.25, 0.3) is 16.3 Å². The molecule has 0 aliphatic heterocycles. The maximum atomic E-state index is 13.3. The summed E-state index contributed by atoms with van der Waals surface area (Å²) in [7, 11) is 0. The van der Waals surface area contributed by atoms with E-state index in [0.717, 1.165) is 10.8 Å². The molecule has 0 fully saturated rings. The molecule has 19 heavy (non-hydrogen) atoms. The van der Waals surface area contributed by atoms with Gasteiger partial charge in [-0.05, 0) is 36.6 Å². The minimum atomic E-state index is -0.312. The Morgan fingerprint density at radius 1 is 1.32 bits per heavy atom. The number of hydrogen-bond donors (Lipinski definition) is 0. The average molecular weight is 274 g/mol. The van der Waals surface area contributed by atoms with Gasteiger partial charge in [-0.25, -0.2) is 4.39 Å². The summed E-state index contributed by atoms with van der Waals surface area (Å²) in [5.41, 5.74) is 1.33. The summed E-state index contributed by atoms with van der Waals surface area (Å²) in [5.74, 6) is -0.312. The predicted molar refractivity (Wildman–Crippen MR) is 79.8 cm³/mol. The summed E-state index contributed by atoms with van der Waals surface area (Å²) < 4.78 is 13.3. The van der Waals surface area contributed by atoms with Crippen molar-refractivity contribution in [2.24, 2.45) is 0 Å². The molecule has 0 saturated heterocycles. The first-order chi connectivity index (χ1) is 9.13. The van der Waals surface area contributed by atoms with Gasteiger partial charge in [0.05, 0.1) is 5.69 Å². The van der Waals surface area contributed by atoms with E-state index < -0.39 is 0 Å². The second-order valence-electron chi connectivity index (χ2n) is 4.04. The zero-order valence-corrected chi connectivity index (χ0v) is 11.3. The lowest BCUT2D eigenvalue weighted by Crippen LogP contribution is -1.88. The minimum absolute atomic E-state index is 0.312. The number of aromatic nitrogens is 1. The van der Waals surface area contributed by atoms with Crippen LogP contribution >= 0.6 is 11.6 Å². The third-order valence-corrected chi connectivity index (χ3v) is 3.00. The van der Waals surface area contributed by atoms with Crippen molar-refractivity contribution in [3.63, 3.8) is 0 Å². The zero-order valence-electron chi connectivity index (χ0n) is 10.5. The van der Waals surface area contributed by atoms with Crippen molar-refractivity contribution in [3.05, 3.63) is 71.8 Å². The maximum absolute atomic E-state index is 13.3. The lowest BCUT2D eigenvalue weighted by atomic mass is 10.1. The SMILES string of the molecule is C=C/C(=C\C(F)=C/C)c1cc2ccc(Cl)cc2cn1. The molecule has 1 nitrogen and oxygen atoms in total. The van der Waals surface area contributed by atoms with E-state index in [1.165, 1.54) is 12.2 Å². The summed E-state index contributed by atoms with van der Waals surface area (Å²) in [6.07, 6.45) is 6.12. The van der Waals surface area contributed by atoms with Crippen molar-refractivity contribution in [1.82, 2.24) is 4.98 Å². The molecule has 1 heterocycles. The fourth-order valence-corrected chi connectivity index (χ4v) is 1.92. The molecule has 1 aromatic carbocycles. The Kier molecular flexibility index (Phi) is 4.13. The van der Waals surface area contributed by atoms with Gasteiger partial charge in [-0.2, -0.15) is 0 Å². The van der Waals surface area contributed by atoms with Gasteiger partial charge < -0.3 is 0 Å². The third-order valence-electron chi connectivity index (χ3n) is 2.77. The minimum Gasteiger partial charge on any atom is -0.256 e. The number of nitrogens with zero attached hydrogens (tertiary/aromatic N) is 1. The molecule has 96 valence electrons. The van der Waals surface area contributed by atoms with Crippen molar-refractivity contribution in [2.45, 2.75) is 6.92 Å². The molecule has 3 heteroatoms. The molecule has 0 unspecified atom stereocenters. The quantitative estimate of drug-likeness (QED) is 0.689. The summed E-state index contributed by atoms with van der Waals surface area (Å²) in [5, 5.41) is 2.62. The predicted octanol–water partition coefficient (Wildman–Crippen LogP) is 5.33. The van der Waals surface area contributed by atoms with Crippen LogP contribution in [0.5, 0.6) is 0 Å². The van der Waals surface area contributed by atoms with Crippen LogP contribution in [0.1, 0.15) is 12.6 Å². The van der Waals surface area contributed by atoms with Gasteiger partial charge in [-0.1, -0.05) is 36.4 Å². The molecule has 0 saturated carbocycles. The topological polar surface area (TPSA) is 12.9 Å². The van der Waals surface area contributed by atoms with Crippen LogP contribution in [0, 0.1) is 0 Å². The standard InChI is InChI=1S/C16H13ClFN/c1-3-11(8-15(18)4-2)16-9-12-5-6-14(17)7-13(12)10-19-16/h3-10H,1H2,2H3/b11-8+,15-4+. The molecule has 2 aromatic rings. The Hall–Kier alpha value is -1.93. The first-order valence-electron chi connectivity index (χ1n) is 5.85. The van der Waals surface area contributed by atoms with E-state index in [-0.39, 0.29) is 5.83 Å². The Labute approximate surface area is 116 Å². The molecule has 0 aliphatic carbocycles. The highest BCUT2D eigenvalue weighted by Crippen LogP contribution is 2.23. The average Bonchev–Trinajstić information content (AvgIpc) is 2.43. The van der Waals surface area contributed by atoms with Crippen molar-refractivity contribution >= 4 is 27.9 Å². The first-order valence-corrected chi connectivity index (χ1v) is 6.23. The number of halogens is 2. The van der Waals surface area contributed by atoms with Crippen LogP contribution in [0.4, 0.5) is 4.39 Å². The monoisotopic (exact) mass is 273 g/mol. The van der Waals surface area contributed by atoms with E-state index in [2.05, 4.69) is 11.6 Å². The molecule has 0 atom stereocenters. The van der Waals surface area contributed by atoms with Crippen molar-refractivity contribution in [1.29, 1.82) is 0 Å². The summed E-state index contributed by atoms with van der Waals surface area (Å²) in [4.78, 5) is 4.31. The fourth-order valence-electron chi connectivity index (χ4n) is 1.74. The Morgan fingerprint density at radius 2 is 2.11 bits per heavy atom. The second kappa shape index (κ2) is 5.81. The normalized spacial score (nSPS) is 12.8. The smallest absolute Gasteiger partial charge is 0.119 e. The molecule has 0 spiro atoms. The van der Waals surface area contributed by atoms with E-state index >= 15 is 0 Å². The van der Waals surface area contributed by atoms with E-state index in [0.29, 0.717) is 16.3 Å². The maximum Gasteiger partial charge on any atom is 0.119 e. The number of allylic oxidation sites excluding steroid dienone is 5. The van der Waals surface area contributed by atoms with Crippen LogP contribution in [0.3, 0.4) is 0 Å². The Morgan fingerprint density at radius 3 is 2.79 bits per heavy atom. The zero-order chi connectivity index (χ0) is 13.8. The van der Waals surface area contributed by atoms with Crippen LogP contribution in [-0.4, -0.2) is 4.98 Å². The van der Waals surface area contributed by atoms with Crippen LogP contribution in [0.15, 0.2) is 61.1 Å². The highest BCUT2D eigenvalue weighted by Gasteiger charge is 2.03. The largest absolute Gasteiger partial charge is 0.256 e. The molecule has 0 aliphatic rings. The highest BCUT2D eigenvalue weighted by molar-refractivity contribution is 6.31. The van der Waals surface area contributed by atoms with Crippen molar-refractivity contribution in [3.8, 4) is 0 Å². The highest BCUT2D eigenvalue weighted by atomic mass is 35.5. The van der Waals surface area contributed by atoms with E-state index in [1.54, 1.807) is 19.2 Å². The van der Waals surface area contributed by atoms with Crippen LogP contribution in [0.2, 0.25) is 5.02 Å². The molecule has 0 N–H and O–H groups in total. The van der Waals surface area contributed by atoms with E-state index in [9.17, 15) is 4.39 Å². The lowest BCUT2D eigenvalue weighted by Gasteiger charge is -2.04. The first kappa shape index (κ1) is 13.5. The van der Waals surface area contributed by atoms with Gasteiger partial charge >= 0.3 is 0 Å². The van der Waals surface area contributed by atoms with Crippen molar-refractivity contribution in [2.75, 3.05) is 0 Å². The number of pyridine rings is 1. The lowest BCUT2D eigenvalue weighted by molar-refractivity contribution is 0.665. The number of benzene rings is 1. The molecule has 0 bridgehead atoms. The van der Waals surface area contributed by atoms with Crippen LogP contribution in [-0.2, 0) is 0 Å². The molecule has 0 amide bonds. The van der Waals surface area contributed by atoms with Gasteiger partial charge in [0.25, 0.3) is 0 Å². The second-order valence-corrected chi connectivity index (χ2v) is 4.47. The van der Waals surface area contributed by atoms with Gasteiger partial charge in [0.15, 0.2) is 0 Å². The summed E-state index contributed by atoms with van der Waals surface area (Å²) in [6.45, 7) is 5.34. The molecule has 1 aromatic heterocycles. The summed E-state index contributed by atoms with van der Waals surface area (Å²) in [6, 6.07) is 7.46. The van der Waals surface area contributed by atoms with E-state index in [4.69, 9.17) is 11.6 Å². The number of rotatable bonds is 3. The number of fused-ring (bicyclic) bond motifs is 1. The van der Waals surface area contributed by atoms with E-state index in [1.807, 2.05) is 24.3 Å². The van der Waals surface area contributed by atoms with Crippen molar-refractivity contribution < 1.29 is 4.39 Å². The van der Waals surface area contributed by atoms with Gasteiger partial charge in [0, 0.05) is 22.2 Å². The van der Waals surface area contributed by atoms with Gasteiger partial charge in [0.1, 0.15) is 5.83 Å². The van der Waals surface area contributed by atoms with Gasteiger partial charge in [-0.15, -0.1) is 0 Å². The van der Waals surface area contributed by atoms with Gasteiger partial charge in [0.2, 0.25) is 0 Å². The number of hydrogen-bond acceptors (Lipinski definition) is 1. The van der Waals surface area contributed by atoms with Crippen LogP contribution < -0.4 is 0 Å².